The van der Waals surface area contributed by atoms with Crippen molar-refractivity contribution in [3.63, 3.8) is 0 Å². The van der Waals surface area contributed by atoms with E-state index in [1.54, 1.807) is 19.2 Å². The summed E-state index contributed by atoms with van der Waals surface area (Å²) in [5, 5.41) is 26.3. The topological polar surface area (TPSA) is 125 Å². The number of carboxylic acid groups (broad SMARTS) is 1. The average molecular weight is 950 g/mol. The SMILES string of the molecule is C=C(CC)CC.CC.CCCCCC.CCCCN(c1cc(C)c(Nc2nc3ccccc3s2)nn1)c1nc(C(=O)O)c(CCCOc2ccc(C#CCNC)cc2F)s1.CCCCS. The van der Waals surface area contributed by atoms with Gasteiger partial charge in [-0.1, -0.05) is 141 Å². The van der Waals surface area contributed by atoms with Crippen molar-refractivity contribution in [2.75, 3.05) is 42.7 Å². The van der Waals surface area contributed by atoms with Gasteiger partial charge in [-0.05, 0) is 100 Å². The normalized spacial score (nSPS) is 10.0. The average Bonchev–Trinajstić information content (AvgIpc) is 3.94. The Balaban J connectivity index is 0.000000937. The van der Waals surface area contributed by atoms with Gasteiger partial charge in [0.05, 0.1) is 23.4 Å². The van der Waals surface area contributed by atoms with Gasteiger partial charge >= 0.3 is 5.97 Å². The van der Waals surface area contributed by atoms with E-state index in [2.05, 4.69) is 103 Å². The largest absolute Gasteiger partial charge is 0.491 e. The van der Waals surface area contributed by atoms with Gasteiger partial charge in [-0.25, -0.2) is 19.2 Å². The van der Waals surface area contributed by atoms with E-state index in [0.29, 0.717) is 53.1 Å². The van der Waals surface area contributed by atoms with Crippen molar-refractivity contribution >= 4 is 73.4 Å². The molecule has 3 N–H and O–H groups in total. The number of thiol groups is 1. The maximum atomic E-state index is 14.5. The number of nitrogens with zero attached hydrogens (tertiary/aromatic N) is 5. The molecule has 5 aromatic rings. The third kappa shape index (κ3) is 22.5. The van der Waals surface area contributed by atoms with Gasteiger partial charge in [-0.3, -0.25) is 0 Å². The van der Waals surface area contributed by atoms with Crippen molar-refractivity contribution in [3.8, 4) is 17.6 Å². The minimum absolute atomic E-state index is 0.00372. The number of para-hydroxylation sites is 1. The zero-order chi connectivity index (χ0) is 48.4. The molecule has 2 aromatic carbocycles. The van der Waals surface area contributed by atoms with Gasteiger partial charge in [0.1, 0.15) is 0 Å². The molecular formula is C51H76FN7O3S3. The van der Waals surface area contributed by atoms with E-state index < -0.39 is 11.8 Å². The van der Waals surface area contributed by atoms with Gasteiger partial charge in [0.2, 0.25) is 0 Å². The number of hydrogen-bond acceptors (Lipinski definition) is 12. The van der Waals surface area contributed by atoms with Crippen molar-refractivity contribution in [3.05, 3.63) is 88.2 Å². The second kappa shape index (κ2) is 35.7. The van der Waals surface area contributed by atoms with Gasteiger partial charge in [-0.2, -0.15) is 12.6 Å². The summed E-state index contributed by atoms with van der Waals surface area (Å²) in [6.07, 6.45) is 13.0. The highest BCUT2D eigenvalue weighted by molar-refractivity contribution is 7.80. The highest BCUT2D eigenvalue weighted by Crippen LogP contribution is 2.34. The van der Waals surface area contributed by atoms with Crippen LogP contribution >= 0.6 is 35.3 Å². The van der Waals surface area contributed by atoms with Crippen LogP contribution in [0.15, 0.2) is 60.7 Å². The number of aromatic nitrogens is 4. The number of benzene rings is 2. The highest BCUT2D eigenvalue weighted by atomic mass is 32.1. The van der Waals surface area contributed by atoms with Crippen molar-refractivity contribution in [2.45, 2.75) is 139 Å². The molecule has 0 unspecified atom stereocenters. The Morgan fingerprint density at radius 1 is 0.908 bits per heavy atom. The molecule has 14 heteroatoms. The molecule has 0 saturated heterocycles. The standard InChI is InChI=1S/C33H34FN7O3S2.C6H12.C6H14.C4H10S.C2H6/c1-4-5-17-41(28-19-21(2)30(40-39-28)38-32-36-24-11-6-7-12-26(24)45-32)33-37-29(31(42)43)27(46-33)13-9-18-44-25-15-14-22(20-23(25)34)10-8-16-35-3;1-4-6(3)5-2;1-3-5-6-4-2;1-2-3-4-5;1-2/h6-7,11-12,14-15,19-20,35H,4-5,9,13,16-18H2,1-3H3,(H,42,43)(H,36,38,40);3-5H2,1-2H3;3-6H2,1-2H3;5H,2-4H2,1H3;1-2H3. The summed E-state index contributed by atoms with van der Waals surface area (Å²) in [7, 11) is 1.79. The number of anilines is 4. The zero-order valence-corrected chi connectivity index (χ0v) is 43.3. The van der Waals surface area contributed by atoms with Gasteiger partial charge < -0.3 is 25.4 Å². The Hall–Kier alpha value is -4.55. The number of rotatable bonds is 21. The number of aryl methyl sites for hydroxylation is 2. The van der Waals surface area contributed by atoms with Gasteiger partial charge in [-0.15, -0.1) is 21.5 Å². The van der Waals surface area contributed by atoms with Crippen LogP contribution in [-0.2, 0) is 6.42 Å². The lowest BCUT2D eigenvalue weighted by atomic mass is 10.2. The minimum atomic E-state index is -1.10. The molecule has 3 heterocycles. The Morgan fingerprint density at radius 3 is 2.12 bits per heavy atom. The van der Waals surface area contributed by atoms with Crippen LogP contribution in [0.1, 0.15) is 153 Å². The Labute approximate surface area is 403 Å². The van der Waals surface area contributed by atoms with Crippen LogP contribution in [0.3, 0.4) is 0 Å². The first-order valence-electron chi connectivity index (χ1n) is 23.3. The van der Waals surface area contributed by atoms with Gasteiger partial charge in [0.25, 0.3) is 0 Å². The number of unbranched alkanes of at least 4 members (excludes halogenated alkanes) is 5. The molecule has 5 rings (SSSR count). The number of ether oxygens (including phenoxy) is 1. The molecule has 0 amide bonds. The van der Waals surface area contributed by atoms with E-state index in [1.165, 1.54) is 72.8 Å². The van der Waals surface area contributed by atoms with E-state index in [1.807, 2.05) is 56.0 Å². The first-order chi connectivity index (χ1) is 31.5. The molecule has 3 aromatic heterocycles. The molecule has 65 heavy (non-hydrogen) atoms. The van der Waals surface area contributed by atoms with Crippen molar-refractivity contribution in [1.29, 1.82) is 0 Å². The van der Waals surface area contributed by atoms with E-state index >= 15 is 0 Å². The molecule has 0 aliphatic rings. The molecule has 10 nitrogen and oxygen atoms in total. The summed E-state index contributed by atoms with van der Waals surface area (Å²) >= 11 is 6.85. The van der Waals surface area contributed by atoms with E-state index in [9.17, 15) is 14.3 Å². The number of carboxylic acids is 1. The molecule has 0 fully saturated rings. The summed E-state index contributed by atoms with van der Waals surface area (Å²) in [5.41, 5.74) is 3.68. The quantitative estimate of drug-likeness (QED) is 0.0244. The molecule has 0 aliphatic heterocycles. The number of carbonyl (C=O) groups is 1. The van der Waals surface area contributed by atoms with Crippen LogP contribution < -0.4 is 20.3 Å². The smallest absolute Gasteiger partial charge is 0.355 e. The van der Waals surface area contributed by atoms with Crippen molar-refractivity contribution in [2.24, 2.45) is 0 Å². The van der Waals surface area contributed by atoms with Crippen LogP contribution in [0.25, 0.3) is 10.2 Å². The summed E-state index contributed by atoms with van der Waals surface area (Å²) in [6.45, 7) is 24.0. The van der Waals surface area contributed by atoms with Crippen LogP contribution in [-0.4, -0.2) is 63.7 Å². The second-order valence-electron chi connectivity index (χ2n) is 14.6. The maximum absolute atomic E-state index is 14.5. The maximum Gasteiger partial charge on any atom is 0.355 e. The number of allylic oxidation sites excluding steroid dienone is 1. The fourth-order valence-corrected chi connectivity index (χ4v) is 7.73. The molecule has 0 bridgehead atoms. The lowest BCUT2D eigenvalue weighted by Gasteiger charge is -2.21. The predicted molar refractivity (Wildman–Crippen MR) is 281 cm³/mol. The van der Waals surface area contributed by atoms with Gasteiger partial charge in [0.15, 0.2) is 39.2 Å². The second-order valence-corrected chi connectivity index (χ2v) is 17.1. The van der Waals surface area contributed by atoms with Crippen molar-refractivity contribution < 1.29 is 19.0 Å². The summed E-state index contributed by atoms with van der Waals surface area (Å²) in [6, 6.07) is 14.4. The first-order valence-corrected chi connectivity index (χ1v) is 25.6. The summed E-state index contributed by atoms with van der Waals surface area (Å²) in [5.74, 6) is 6.53. The number of nitrogens with one attached hydrogen (secondary N) is 2. The number of hydrogen-bond donors (Lipinski definition) is 4. The number of fused-ring (bicyclic) bond motifs is 1. The van der Waals surface area contributed by atoms with E-state index in [-0.39, 0.29) is 18.1 Å². The van der Waals surface area contributed by atoms with E-state index in [4.69, 9.17) is 4.74 Å². The van der Waals surface area contributed by atoms with Crippen LogP contribution in [0, 0.1) is 24.6 Å². The Bertz CT molecular complexity index is 2100. The lowest BCUT2D eigenvalue weighted by molar-refractivity contribution is 0.0690. The summed E-state index contributed by atoms with van der Waals surface area (Å²) < 4.78 is 21.3. The van der Waals surface area contributed by atoms with Crippen LogP contribution in [0.2, 0.25) is 0 Å². The Kier molecular flexibility index (Phi) is 32.1. The Morgan fingerprint density at radius 2 is 1.58 bits per heavy atom. The fourth-order valence-electron chi connectivity index (χ4n) is 5.42. The fraction of sp³-hybridized carbons (Fsp3) is 0.510. The third-order valence-corrected chi connectivity index (χ3v) is 11.7. The van der Waals surface area contributed by atoms with E-state index in [0.717, 1.165) is 52.3 Å². The van der Waals surface area contributed by atoms with Gasteiger partial charge in [0, 0.05) is 17.0 Å². The molecular weight excluding hydrogens is 874 g/mol. The molecule has 0 aliphatic carbocycles. The monoisotopic (exact) mass is 950 g/mol. The molecule has 0 atom stereocenters. The molecule has 0 spiro atoms. The predicted octanol–water partition coefficient (Wildman–Crippen LogP) is 14.6. The third-order valence-electron chi connectivity index (χ3n) is 9.33. The van der Waals surface area contributed by atoms with Crippen molar-refractivity contribution in [1.82, 2.24) is 25.5 Å². The number of thiazole rings is 2. The zero-order valence-electron chi connectivity index (χ0n) is 40.8. The number of halogens is 1. The molecule has 0 saturated carbocycles. The van der Waals surface area contributed by atoms with Crippen LogP contribution in [0.4, 0.5) is 26.3 Å². The minimum Gasteiger partial charge on any atom is -0.491 e. The number of aromatic carboxylic acids is 1. The first kappa shape index (κ1) is 58.5. The van der Waals surface area contributed by atoms with Crippen LogP contribution in [0.5, 0.6) is 5.75 Å². The molecule has 358 valence electrons. The highest BCUT2D eigenvalue weighted by Gasteiger charge is 2.23. The molecule has 0 radical (unpaired) electrons. The summed E-state index contributed by atoms with van der Waals surface area (Å²) in [4.78, 5) is 23.8. The lowest BCUT2D eigenvalue weighted by Crippen LogP contribution is -2.20.